The predicted molar refractivity (Wildman–Crippen MR) is 74.1 cm³/mol. The van der Waals surface area contributed by atoms with Crippen LogP contribution in [-0.4, -0.2) is 28.3 Å². The minimum Gasteiger partial charge on any atom is -0.301 e. The fraction of sp³-hybridized carbons (Fsp3) is 0.182. The van der Waals surface area contributed by atoms with Gasteiger partial charge in [-0.25, -0.2) is 14.4 Å². The second-order valence-electron chi connectivity index (χ2n) is 3.53. The highest BCUT2D eigenvalue weighted by Crippen LogP contribution is 2.27. The molecule has 2 aromatic heterocycles. The molecule has 0 aliphatic carbocycles. The molecule has 0 fully saturated rings. The number of fused-ring (bicyclic) bond motifs is 1. The van der Waals surface area contributed by atoms with Crippen molar-refractivity contribution in [3.8, 4) is 12.5 Å². The Balaban J connectivity index is 2.98. The standard InChI is InChI=1S/C11H8ClFN4OS/c1-4-17(2)9-5-7(6(13)8(12)15-9)14-11(19-3)16-10(5)18/h1H,2-3H3,(H,14,16,18). The van der Waals surface area contributed by atoms with Crippen LogP contribution < -0.4 is 10.5 Å². The van der Waals surface area contributed by atoms with E-state index < -0.39 is 11.4 Å². The summed E-state index contributed by atoms with van der Waals surface area (Å²) >= 11 is 6.88. The summed E-state index contributed by atoms with van der Waals surface area (Å²) in [4.78, 5) is 23.6. The van der Waals surface area contributed by atoms with Gasteiger partial charge in [-0.15, -0.1) is 0 Å². The van der Waals surface area contributed by atoms with Crippen molar-refractivity contribution in [3.05, 3.63) is 21.3 Å². The summed E-state index contributed by atoms with van der Waals surface area (Å²) in [6.07, 6.45) is 6.96. The van der Waals surface area contributed by atoms with Crippen LogP contribution in [0.3, 0.4) is 0 Å². The molecule has 2 heterocycles. The number of halogens is 2. The lowest BCUT2D eigenvalue weighted by atomic mass is 10.2. The van der Waals surface area contributed by atoms with Gasteiger partial charge in [0, 0.05) is 13.1 Å². The monoisotopic (exact) mass is 298 g/mol. The Labute approximate surface area is 117 Å². The Morgan fingerprint density at radius 2 is 2.21 bits per heavy atom. The molecule has 0 aliphatic heterocycles. The Bertz CT molecular complexity index is 755. The number of terminal acetylenes is 1. The third-order valence-electron chi connectivity index (χ3n) is 2.42. The maximum Gasteiger partial charge on any atom is 0.263 e. The number of hydrogen-bond acceptors (Lipinski definition) is 5. The van der Waals surface area contributed by atoms with E-state index in [9.17, 15) is 9.18 Å². The molecule has 98 valence electrons. The molecular formula is C11H8ClFN4OS. The summed E-state index contributed by atoms with van der Waals surface area (Å²) in [7, 11) is 1.51. The minimum absolute atomic E-state index is 0.0276. The molecule has 2 rings (SSSR count). The van der Waals surface area contributed by atoms with Crippen LogP contribution in [0.2, 0.25) is 5.15 Å². The summed E-state index contributed by atoms with van der Waals surface area (Å²) in [6.45, 7) is 0. The maximum absolute atomic E-state index is 14.0. The highest BCUT2D eigenvalue weighted by Gasteiger charge is 2.19. The van der Waals surface area contributed by atoms with Crippen molar-refractivity contribution >= 4 is 40.1 Å². The quantitative estimate of drug-likeness (QED) is 0.301. The molecule has 8 heteroatoms. The van der Waals surface area contributed by atoms with Crippen LogP contribution >= 0.6 is 23.4 Å². The molecule has 0 atom stereocenters. The highest BCUT2D eigenvalue weighted by molar-refractivity contribution is 7.98. The number of H-pyrrole nitrogens is 1. The van der Waals surface area contributed by atoms with Gasteiger partial charge >= 0.3 is 0 Å². The molecule has 0 spiro atoms. The van der Waals surface area contributed by atoms with Crippen molar-refractivity contribution < 1.29 is 4.39 Å². The van der Waals surface area contributed by atoms with E-state index in [0.717, 1.165) is 0 Å². The summed E-state index contributed by atoms with van der Waals surface area (Å²) < 4.78 is 14.0. The Morgan fingerprint density at radius 1 is 1.53 bits per heavy atom. The lowest BCUT2D eigenvalue weighted by molar-refractivity contribution is 0.629. The van der Waals surface area contributed by atoms with Crippen LogP contribution in [0, 0.1) is 18.3 Å². The van der Waals surface area contributed by atoms with Crippen molar-refractivity contribution in [1.82, 2.24) is 15.0 Å². The SMILES string of the molecule is C#CN(C)c1nc(Cl)c(F)c2nc(SC)[nH]c(=O)c12. The zero-order valence-electron chi connectivity index (χ0n) is 9.99. The van der Waals surface area contributed by atoms with E-state index in [0.29, 0.717) is 0 Å². The molecule has 0 aromatic carbocycles. The number of anilines is 1. The van der Waals surface area contributed by atoms with Crippen LogP contribution in [0.25, 0.3) is 10.9 Å². The van der Waals surface area contributed by atoms with Gasteiger partial charge < -0.3 is 4.98 Å². The molecule has 0 aliphatic rings. The van der Waals surface area contributed by atoms with Gasteiger partial charge in [-0.3, -0.25) is 9.69 Å². The zero-order valence-corrected chi connectivity index (χ0v) is 11.6. The van der Waals surface area contributed by atoms with E-state index in [1.54, 1.807) is 6.26 Å². The molecule has 0 saturated carbocycles. The lowest BCUT2D eigenvalue weighted by Gasteiger charge is -2.13. The van der Waals surface area contributed by atoms with Crippen LogP contribution in [0.5, 0.6) is 0 Å². The lowest BCUT2D eigenvalue weighted by Crippen LogP contribution is -2.18. The molecule has 5 nitrogen and oxygen atoms in total. The number of nitrogens with zero attached hydrogens (tertiary/aromatic N) is 3. The summed E-state index contributed by atoms with van der Waals surface area (Å²) in [5.41, 5.74) is -0.667. The van der Waals surface area contributed by atoms with Gasteiger partial charge in [0.25, 0.3) is 5.56 Å². The van der Waals surface area contributed by atoms with Crippen molar-refractivity contribution in [2.75, 3.05) is 18.2 Å². The van der Waals surface area contributed by atoms with Gasteiger partial charge in [-0.05, 0) is 6.26 Å². The number of thioether (sulfide) groups is 1. The van der Waals surface area contributed by atoms with Crippen LogP contribution in [0.15, 0.2) is 9.95 Å². The average molecular weight is 299 g/mol. The molecule has 0 radical (unpaired) electrons. The van der Waals surface area contributed by atoms with Gasteiger partial charge in [0.1, 0.15) is 10.9 Å². The zero-order chi connectivity index (χ0) is 14.2. The topological polar surface area (TPSA) is 61.9 Å². The normalized spacial score (nSPS) is 10.5. The second-order valence-corrected chi connectivity index (χ2v) is 4.68. The first-order valence-electron chi connectivity index (χ1n) is 5.02. The summed E-state index contributed by atoms with van der Waals surface area (Å²) in [5, 5.41) is -0.122. The first kappa shape index (κ1) is 13.6. The van der Waals surface area contributed by atoms with Crippen molar-refractivity contribution in [2.45, 2.75) is 5.16 Å². The predicted octanol–water partition coefficient (Wildman–Crippen LogP) is 1.86. The molecule has 2 aromatic rings. The van der Waals surface area contributed by atoms with E-state index in [-0.39, 0.29) is 27.0 Å². The number of pyridine rings is 1. The van der Waals surface area contributed by atoms with Crippen molar-refractivity contribution in [3.63, 3.8) is 0 Å². The summed E-state index contributed by atoms with van der Waals surface area (Å²) in [6, 6.07) is 2.28. The third-order valence-corrected chi connectivity index (χ3v) is 3.25. The first-order chi connectivity index (χ1) is 8.99. The average Bonchev–Trinajstić information content (AvgIpc) is 2.41. The van der Waals surface area contributed by atoms with Gasteiger partial charge in [-0.2, -0.15) is 0 Å². The van der Waals surface area contributed by atoms with E-state index in [1.165, 1.54) is 23.7 Å². The highest BCUT2D eigenvalue weighted by atomic mass is 35.5. The molecule has 0 amide bonds. The maximum atomic E-state index is 14.0. The fourth-order valence-corrected chi connectivity index (χ4v) is 2.06. The largest absolute Gasteiger partial charge is 0.301 e. The third kappa shape index (κ3) is 2.25. The van der Waals surface area contributed by atoms with Crippen molar-refractivity contribution in [2.24, 2.45) is 0 Å². The molecule has 0 bridgehead atoms. The van der Waals surface area contributed by atoms with Gasteiger partial charge in [0.2, 0.25) is 0 Å². The molecule has 0 saturated heterocycles. The number of hydrogen-bond donors (Lipinski definition) is 1. The minimum atomic E-state index is -0.841. The second kappa shape index (κ2) is 5.07. The Kier molecular flexibility index (Phi) is 3.64. The fourth-order valence-electron chi connectivity index (χ4n) is 1.52. The first-order valence-corrected chi connectivity index (χ1v) is 6.62. The van der Waals surface area contributed by atoms with Gasteiger partial charge in [0.15, 0.2) is 21.9 Å². The van der Waals surface area contributed by atoms with Crippen LogP contribution in [-0.2, 0) is 0 Å². The van der Waals surface area contributed by atoms with E-state index >= 15 is 0 Å². The van der Waals surface area contributed by atoms with Crippen molar-refractivity contribution in [1.29, 1.82) is 0 Å². The number of aromatic nitrogens is 3. The number of nitrogens with one attached hydrogen (secondary N) is 1. The van der Waals surface area contributed by atoms with Gasteiger partial charge in [-0.1, -0.05) is 29.8 Å². The van der Waals surface area contributed by atoms with E-state index in [1.807, 2.05) is 0 Å². The van der Waals surface area contributed by atoms with Gasteiger partial charge in [0.05, 0.1) is 0 Å². The van der Waals surface area contributed by atoms with E-state index in [2.05, 4.69) is 21.0 Å². The smallest absolute Gasteiger partial charge is 0.263 e. The Morgan fingerprint density at radius 3 is 2.79 bits per heavy atom. The molecule has 1 N–H and O–H groups in total. The number of aromatic amines is 1. The summed E-state index contributed by atoms with van der Waals surface area (Å²) in [5.74, 6) is -0.752. The molecule has 0 unspecified atom stereocenters. The molecule has 19 heavy (non-hydrogen) atoms. The number of rotatable bonds is 2. The Hall–Kier alpha value is -1.78. The molecular weight excluding hydrogens is 291 g/mol. The van der Waals surface area contributed by atoms with Crippen LogP contribution in [0.1, 0.15) is 0 Å². The van der Waals surface area contributed by atoms with Crippen LogP contribution in [0.4, 0.5) is 10.2 Å². The van der Waals surface area contributed by atoms with E-state index in [4.69, 9.17) is 18.0 Å².